The molecule has 460 valence electrons. The van der Waals surface area contributed by atoms with Crippen LogP contribution in [0.4, 0.5) is 0 Å². The standard InChI is InChI=1S/C44H77N3O31S/c1-60-15-20-26(32(78-79(57,58)59)24(61-2)17(69-20)10-11-47-38(52)16(46)12-45)73-44-37(68-9)28(64-5)30(33(77-44)39(53)54)74-41-22(51)21(50)23(18(13-48)70-41)72-43-36(67-8)29(65-6)31(34(76-43)40(55)56)75-42-35(66-7)27(63-4)25(62-3)19(14-49)71-42/h16-37,41-44,48-51H,10-15,45-46H2,1-9H3,(H,47,52)(H,53,54)(H,55,56)(H,57,58,59)/p-1/t16-,17+,18-,19-,20-,21-,22-,23-,24+,25-,26-,27+,28+,29+,30+,31+,32-,33-,34+,35-,36-,37-,41-,42-,43-,44-/m1/s1. The van der Waals surface area contributed by atoms with Gasteiger partial charge in [0, 0.05) is 77.1 Å². The fraction of sp³-hybridized carbons (Fsp3) is 0.932. The minimum atomic E-state index is -5.57. The molecule has 5 rings (SSSR count). The number of rotatable bonds is 29. The van der Waals surface area contributed by atoms with E-state index >= 15 is 0 Å². The van der Waals surface area contributed by atoms with Crippen molar-refractivity contribution in [2.45, 2.75) is 166 Å². The summed E-state index contributed by atoms with van der Waals surface area (Å²) in [6, 6.07) is -1.04. The van der Waals surface area contributed by atoms with Gasteiger partial charge in [0.2, 0.25) is 16.3 Å². The van der Waals surface area contributed by atoms with Crippen LogP contribution in [0.3, 0.4) is 0 Å². The highest BCUT2D eigenvalue weighted by Crippen LogP contribution is 2.39. The molecular weight excluding hydrogens is 1100 g/mol. The van der Waals surface area contributed by atoms with Crippen molar-refractivity contribution in [2.24, 2.45) is 11.5 Å². The van der Waals surface area contributed by atoms with E-state index in [1.165, 1.54) is 42.7 Å². The first kappa shape index (κ1) is 67.1. The summed E-state index contributed by atoms with van der Waals surface area (Å²) in [7, 11) is 5.50. The maximum Gasteiger partial charge on any atom is 0.335 e. The zero-order chi connectivity index (χ0) is 58.6. The lowest BCUT2D eigenvalue weighted by molar-refractivity contribution is -0.390. The Morgan fingerprint density at radius 2 is 0.937 bits per heavy atom. The van der Waals surface area contributed by atoms with E-state index < -0.39 is 201 Å². The van der Waals surface area contributed by atoms with E-state index in [2.05, 4.69) is 5.32 Å². The van der Waals surface area contributed by atoms with Gasteiger partial charge >= 0.3 is 11.9 Å². The fourth-order valence-electron chi connectivity index (χ4n) is 10.2. The summed E-state index contributed by atoms with van der Waals surface area (Å²) in [6.45, 7) is -2.19. The number of methoxy groups -OCH3 is 9. The second kappa shape index (κ2) is 30.7. The number of hydrogen-bond acceptors (Lipinski definition) is 31. The number of nitrogens with one attached hydrogen (secondary N) is 1. The van der Waals surface area contributed by atoms with Gasteiger partial charge in [0.1, 0.15) is 110 Å². The summed E-state index contributed by atoms with van der Waals surface area (Å²) >= 11 is 0. The largest absolute Gasteiger partial charge is 0.726 e. The lowest BCUT2D eigenvalue weighted by Crippen LogP contribution is -2.69. The topological polar surface area (TPSA) is 469 Å². The van der Waals surface area contributed by atoms with Gasteiger partial charge in [-0.2, -0.15) is 0 Å². The van der Waals surface area contributed by atoms with E-state index in [1.807, 2.05) is 0 Å². The molecule has 0 aliphatic carbocycles. The van der Waals surface area contributed by atoms with Gasteiger partial charge in [-0.1, -0.05) is 0 Å². The molecule has 0 aromatic rings. The number of amides is 1. The van der Waals surface area contributed by atoms with E-state index in [-0.39, 0.29) is 26.1 Å². The van der Waals surface area contributed by atoms with Crippen LogP contribution in [0.1, 0.15) is 6.42 Å². The monoisotopic (exact) mass is 1170 g/mol. The fourth-order valence-corrected chi connectivity index (χ4v) is 10.7. The van der Waals surface area contributed by atoms with E-state index in [0.29, 0.717) is 0 Å². The van der Waals surface area contributed by atoms with Gasteiger partial charge in [-0.25, -0.2) is 18.0 Å². The first-order valence-electron chi connectivity index (χ1n) is 24.6. The molecule has 5 aliphatic heterocycles. The van der Waals surface area contributed by atoms with Crippen LogP contribution in [0, 0.1) is 0 Å². The molecule has 0 unspecified atom stereocenters. The molecule has 0 bridgehead atoms. The Labute approximate surface area is 454 Å². The Kier molecular flexibility index (Phi) is 26.1. The van der Waals surface area contributed by atoms with Crippen LogP contribution in [0.5, 0.6) is 0 Å². The molecule has 26 atom stereocenters. The van der Waals surface area contributed by atoms with E-state index in [1.54, 1.807) is 0 Å². The quantitative estimate of drug-likeness (QED) is 0.0248. The average Bonchev–Trinajstić information content (AvgIpc) is 3.49. The van der Waals surface area contributed by atoms with Crippen molar-refractivity contribution >= 4 is 28.2 Å². The number of aliphatic hydroxyl groups excluding tert-OH is 4. The summed E-state index contributed by atoms with van der Waals surface area (Å²) in [5.41, 5.74) is 11.2. The van der Waals surface area contributed by atoms with Crippen molar-refractivity contribution in [2.75, 3.05) is 96.9 Å². The summed E-state index contributed by atoms with van der Waals surface area (Å²) in [4.78, 5) is 38.4. The zero-order valence-electron chi connectivity index (χ0n) is 44.7. The second-order valence-corrected chi connectivity index (χ2v) is 19.5. The van der Waals surface area contributed by atoms with Crippen molar-refractivity contribution in [1.82, 2.24) is 5.32 Å². The first-order chi connectivity index (χ1) is 37.6. The molecular formula is C44H76N3O31S-. The van der Waals surface area contributed by atoms with E-state index in [4.69, 9.17) is 101 Å². The second-order valence-electron chi connectivity index (χ2n) is 18.5. The highest BCUT2D eigenvalue weighted by molar-refractivity contribution is 7.80. The molecule has 5 aliphatic rings. The number of hydrogen-bond donors (Lipinski definition) is 9. The van der Waals surface area contributed by atoms with Crippen molar-refractivity contribution in [1.29, 1.82) is 0 Å². The predicted octanol–water partition coefficient (Wildman–Crippen LogP) is -7.53. The van der Waals surface area contributed by atoms with Gasteiger partial charge in [0.15, 0.2) is 37.4 Å². The van der Waals surface area contributed by atoms with Crippen LogP contribution in [0.15, 0.2) is 0 Å². The molecule has 5 saturated heterocycles. The van der Waals surface area contributed by atoms with E-state index in [9.17, 15) is 58.0 Å². The highest BCUT2D eigenvalue weighted by atomic mass is 32.3. The zero-order valence-corrected chi connectivity index (χ0v) is 45.5. The molecule has 0 aromatic carbocycles. The lowest BCUT2D eigenvalue weighted by Gasteiger charge is -2.51. The Bertz CT molecular complexity index is 2000. The highest BCUT2D eigenvalue weighted by Gasteiger charge is 2.60. The summed E-state index contributed by atoms with van der Waals surface area (Å²) in [5.74, 6) is -3.95. The SMILES string of the molecule is COC[C@H]1O[C@@H](CCNC(=O)[C@H](N)CN)[C@H](OC)[C@@H](OS(=O)(=O)[O-])[C@@H]1O[C@@H]1O[C@@H](C(=O)O)[C@@H](O[C@H]2O[C@H](CO)[C@@H](O[C@@H]3O[C@H](C(=O)O)[C@@H](O[C@H]4O[C@H](CO)[C@@H](OC)[C@H](OC)[C@H]4OC)[C@H](OC)[C@H]3OC)[C@H](O)[C@H]2O)[C@H](OC)[C@H]1OC. The lowest BCUT2D eigenvalue weighted by atomic mass is 9.92. The van der Waals surface area contributed by atoms with Crippen LogP contribution >= 0.6 is 0 Å². The molecule has 5 heterocycles. The Balaban J connectivity index is 1.37. The number of carbonyl (C=O) groups is 3. The van der Waals surface area contributed by atoms with Crippen molar-refractivity contribution in [3.63, 3.8) is 0 Å². The Morgan fingerprint density at radius 1 is 0.532 bits per heavy atom. The molecule has 5 fully saturated rings. The number of aliphatic carboxylic acids is 2. The number of aliphatic hydroxyl groups is 4. The van der Waals surface area contributed by atoms with Crippen LogP contribution in [0.25, 0.3) is 0 Å². The smallest absolute Gasteiger partial charge is 0.335 e. The Morgan fingerprint density at radius 3 is 1.37 bits per heavy atom. The van der Waals surface area contributed by atoms with Crippen LogP contribution in [0.2, 0.25) is 0 Å². The van der Waals surface area contributed by atoms with Gasteiger partial charge in [-0.15, -0.1) is 0 Å². The average molecular weight is 1180 g/mol. The molecule has 35 heteroatoms. The molecule has 0 aromatic heterocycles. The van der Waals surface area contributed by atoms with E-state index in [0.717, 1.165) is 21.3 Å². The minimum Gasteiger partial charge on any atom is -0.726 e. The minimum absolute atomic E-state index is 0.0715. The van der Waals surface area contributed by atoms with Crippen molar-refractivity contribution in [3.8, 4) is 0 Å². The van der Waals surface area contributed by atoms with Crippen molar-refractivity contribution < 1.29 is 147 Å². The molecule has 0 spiro atoms. The van der Waals surface area contributed by atoms with Crippen LogP contribution < -0.4 is 16.8 Å². The number of carboxylic acid groups (broad SMARTS) is 2. The summed E-state index contributed by atoms with van der Waals surface area (Å²) in [6.07, 6.45) is -39.7. The third-order valence-electron chi connectivity index (χ3n) is 14.0. The van der Waals surface area contributed by atoms with Crippen LogP contribution in [-0.4, -0.2) is 318 Å². The summed E-state index contributed by atoms with van der Waals surface area (Å²) < 4.78 is 147. The third-order valence-corrected chi connectivity index (χ3v) is 14.5. The molecule has 79 heavy (non-hydrogen) atoms. The summed E-state index contributed by atoms with van der Waals surface area (Å²) in [5, 5.41) is 67.8. The van der Waals surface area contributed by atoms with Gasteiger partial charge in [0.05, 0.1) is 32.0 Å². The number of carboxylic acids is 2. The van der Waals surface area contributed by atoms with Gasteiger partial charge in [-0.05, 0) is 6.42 Å². The Hall–Kier alpha value is -2.68. The predicted molar refractivity (Wildman–Crippen MR) is 252 cm³/mol. The molecule has 0 radical (unpaired) electrons. The maximum atomic E-state index is 13.1. The van der Waals surface area contributed by atoms with Gasteiger partial charge < -0.3 is 137 Å². The molecule has 11 N–H and O–H groups in total. The van der Waals surface area contributed by atoms with Crippen molar-refractivity contribution in [3.05, 3.63) is 0 Å². The molecule has 34 nitrogen and oxygen atoms in total. The number of ether oxygens (including phenoxy) is 18. The number of carbonyl (C=O) groups excluding carboxylic acids is 1. The normalized spacial score (nSPS) is 41.6. The first-order valence-corrected chi connectivity index (χ1v) is 26.0. The van der Waals surface area contributed by atoms with Gasteiger partial charge in [0.25, 0.3) is 0 Å². The molecule has 0 saturated carbocycles. The third kappa shape index (κ3) is 15.6. The number of nitrogens with two attached hydrogens (primary N) is 2. The van der Waals surface area contributed by atoms with Crippen LogP contribution in [-0.2, 0) is 114 Å². The maximum absolute atomic E-state index is 13.1. The van der Waals surface area contributed by atoms with Gasteiger partial charge in [-0.3, -0.25) is 8.98 Å². The molecule has 1 amide bonds.